The molecule has 0 aliphatic rings. The zero-order valence-corrected chi connectivity index (χ0v) is 10.6. The van der Waals surface area contributed by atoms with E-state index < -0.39 is 11.9 Å². The minimum Gasteiger partial charge on any atom is -0.463 e. The van der Waals surface area contributed by atoms with E-state index in [2.05, 4.69) is 13.2 Å². The summed E-state index contributed by atoms with van der Waals surface area (Å²) in [6.07, 6.45) is 8.71. The van der Waals surface area contributed by atoms with Crippen molar-refractivity contribution in [2.24, 2.45) is 0 Å². The molecule has 4 heteroatoms. The fourth-order valence-electron chi connectivity index (χ4n) is 1.03. The van der Waals surface area contributed by atoms with E-state index in [1.165, 1.54) is 0 Å². The van der Waals surface area contributed by atoms with Crippen molar-refractivity contribution in [3.05, 3.63) is 37.5 Å². The third kappa shape index (κ3) is 10.7. The summed E-state index contributed by atoms with van der Waals surface area (Å²) in [7, 11) is 0. The van der Waals surface area contributed by atoms with Crippen molar-refractivity contribution in [3.8, 4) is 0 Å². The molecule has 0 aliphatic heterocycles. The summed E-state index contributed by atoms with van der Waals surface area (Å²) in [5.74, 6) is -1.08. The van der Waals surface area contributed by atoms with Gasteiger partial charge >= 0.3 is 11.9 Å². The first-order chi connectivity index (χ1) is 8.70. The van der Waals surface area contributed by atoms with E-state index >= 15 is 0 Å². The Morgan fingerprint density at radius 2 is 1.22 bits per heavy atom. The molecule has 0 aliphatic carbocycles. The highest BCUT2D eigenvalue weighted by molar-refractivity contribution is 5.91. The number of hydrogen-bond acceptors (Lipinski definition) is 4. The Bertz CT molecular complexity index is 275. The van der Waals surface area contributed by atoms with Crippen molar-refractivity contribution in [2.75, 3.05) is 13.2 Å². The molecule has 0 aromatic carbocycles. The highest BCUT2D eigenvalue weighted by Gasteiger charge is 2.00. The summed E-state index contributed by atoms with van der Waals surface area (Å²) in [5, 5.41) is 0. The molecule has 0 fully saturated rings. The number of carbonyl (C=O) groups excluding carboxylic acids is 2. The average Bonchev–Trinajstić information content (AvgIpc) is 2.37. The number of unbranched alkanes of at least 4 members (excludes halogenated alkanes) is 2. The molecule has 18 heavy (non-hydrogen) atoms. The molecule has 0 N–H and O–H groups in total. The standard InChI is InChI=1S/C14H20O4/c1-3-5-7-11-17-13(15)9-10-14(16)18-12-8-6-4-2/h3-4,9-10H,1-2,5-8,11-12H2/b10-9+. The highest BCUT2D eigenvalue weighted by atomic mass is 16.5. The van der Waals surface area contributed by atoms with Gasteiger partial charge in [0.2, 0.25) is 0 Å². The van der Waals surface area contributed by atoms with Gasteiger partial charge in [-0.15, -0.1) is 13.2 Å². The first-order valence-electron chi connectivity index (χ1n) is 5.94. The van der Waals surface area contributed by atoms with Crippen LogP contribution in [0.15, 0.2) is 37.5 Å². The molecule has 0 atom stereocenters. The molecule has 0 bridgehead atoms. The van der Waals surface area contributed by atoms with Crippen LogP contribution in [0.4, 0.5) is 0 Å². The van der Waals surface area contributed by atoms with Crippen LogP contribution in [0, 0.1) is 0 Å². The monoisotopic (exact) mass is 252 g/mol. The second-order valence-corrected chi connectivity index (χ2v) is 3.53. The zero-order chi connectivity index (χ0) is 13.6. The lowest BCUT2D eigenvalue weighted by Gasteiger charge is -2.00. The number of allylic oxidation sites excluding steroid dienone is 2. The Labute approximate surface area is 108 Å². The summed E-state index contributed by atoms with van der Waals surface area (Å²) in [5.41, 5.74) is 0. The van der Waals surface area contributed by atoms with E-state index in [9.17, 15) is 9.59 Å². The molecule has 0 saturated carbocycles. The van der Waals surface area contributed by atoms with Gasteiger partial charge in [-0.2, -0.15) is 0 Å². The quantitative estimate of drug-likeness (QED) is 0.259. The summed E-state index contributed by atoms with van der Waals surface area (Å²) >= 11 is 0. The highest BCUT2D eigenvalue weighted by Crippen LogP contribution is 1.94. The van der Waals surface area contributed by atoms with Crippen LogP contribution in [0.2, 0.25) is 0 Å². The van der Waals surface area contributed by atoms with Gasteiger partial charge in [0.15, 0.2) is 0 Å². The Hall–Kier alpha value is -1.84. The minimum absolute atomic E-state index is 0.323. The molecule has 0 spiro atoms. The van der Waals surface area contributed by atoms with E-state index in [4.69, 9.17) is 9.47 Å². The van der Waals surface area contributed by atoms with E-state index in [1.807, 2.05) is 0 Å². The molecule has 0 aromatic rings. The van der Waals surface area contributed by atoms with Crippen molar-refractivity contribution in [3.63, 3.8) is 0 Å². The SMILES string of the molecule is C=CCCCOC(=O)/C=C/C(=O)OCCCC=C. The average molecular weight is 252 g/mol. The number of rotatable bonds is 10. The molecular formula is C14H20O4. The molecule has 0 rings (SSSR count). The van der Waals surface area contributed by atoms with Gasteiger partial charge in [-0.25, -0.2) is 9.59 Å². The Morgan fingerprint density at radius 1 is 0.833 bits per heavy atom. The first-order valence-corrected chi connectivity index (χ1v) is 5.94. The molecular weight excluding hydrogens is 232 g/mol. The van der Waals surface area contributed by atoms with Crippen LogP contribution in [0.3, 0.4) is 0 Å². The fourth-order valence-corrected chi connectivity index (χ4v) is 1.03. The molecule has 0 unspecified atom stereocenters. The molecule has 4 nitrogen and oxygen atoms in total. The summed E-state index contributed by atoms with van der Waals surface area (Å²) in [6.45, 7) is 7.76. The molecule has 0 heterocycles. The zero-order valence-electron chi connectivity index (χ0n) is 10.6. The minimum atomic E-state index is -0.540. The van der Waals surface area contributed by atoms with Gasteiger partial charge in [-0.05, 0) is 25.7 Å². The molecule has 0 aromatic heterocycles. The van der Waals surface area contributed by atoms with Crippen LogP contribution in [0.5, 0.6) is 0 Å². The van der Waals surface area contributed by atoms with Gasteiger partial charge in [0.25, 0.3) is 0 Å². The van der Waals surface area contributed by atoms with Gasteiger partial charge in [0.1, 0.15) is 0 Å². The van der Waals surface area contributed by atoms with Crippen LogP contribution in [-0.4, -0.2) is 25.2 Å². The third-order valence-electron chi connectivity index (χ3n) is 1.95. The Kier molecular flexibility index (Phi) is 10.4. The summed E-state index contributed by atoms with van der Waals surface area (Å²) in [6, 6.07) is 0. The predicted molar refractivity (Wildman–Crippen MR) is 69.9 cm³/mol. The molecule has 0 amide bonds. The van der Waals surface area contributed by atoms with Crippen molar-refractivity contribution in [1.82, 2.24) is 0 Å². The van der Waals surface area contributed by atoms with E-state index in [0.717, 1.165) is 37.8 Å². The van der Waals surface area contributed by atoms with Crippen molar-refractivity contribution in [1.29, 1.82) is 0 Å². The predicted octanol–water partition coefficient (Wildman–Crippen LogP) is 2.56. The van der Waals surface area contributed by atoms with Crippen LogP contribution < -0.4 is 0 Å². The van der Waals surface area contributed by atoms with Gasteiger partial charge in [-0.3, -0.25) is 0 Å². The number of hydrogen-bond donors (Lipinski definition) is 0. The van der Waals surface area contributed by atoms with Crippen LogP contribution >= 0.6 is 0 Å². The summed E-state index contributed by atoms with van der Waals surface area (Å²) < 4.78 is 9.69. The number of ether oxygens (including phenoxy) is 2. The maximum atomic E-state index is 11.1. The maximum Gasteiger partial charge on any atom is 0.331 e. The van der Waals surface area contributed by atoms with E-state index in [-0.39, 0.29) is 0 Å². The van der Waals surface area contributed by atoms with Gasteiger partial charge in [-0.1, -0.05) is 12.2 Å². The third-order valence-corrected chi connectivity index (χ3v) is 1.95. The number of esters is 2. The lowest BCUT2D eigenvalue weighted by molar-refractivity contribution is -0.140. The smallest absolute Gasteiger partial charge is 0.331 e. The van der Waals surface area contributed by atoms with E-state index in [0.29, 0.717) is 13.2 Å². The summed E-state index contributed by atoms with van der Waals surface area (Å²) in [4.78, 5) is 22.3. The molecule has 0 saturated heterocycles. The Morgan fingerprint density at radius 3 is 1.56 bits per heavy atom. The fraction of sp³-hybridized carbons (Fsp3) is 0.429. The van der Waals surface area contributed by atoms with Gasteiger partial charge in [0, 0.05) is 12.2 Å². The first kappa shape index (κ1) is 16.2. The normalized spacial score (nSPS) is 10.0. The number of carbonyl (C=O) groups is 2. The second-order valence-electron chi connectivity index (χ2n) is 3.53. The van der Waals surface area contributed by atoms with Crippen LogP contribution in [0.1, 0.15) is 25.7 Å². The topological polar surface area (TPSA) is 52.6 Å². The van der Waals surface area contributed by atoms with Crippen molar-refractivity contribution < 1.29 is 19.1 Å². The van der Waals surface area contributed by atoms with Crippen LogP contribution in [0.25, 0.3) is 0 Å². The van der Waals surface area contributed by atoms with Crippen LogP contribution in [-0.2, 0) is 19.1 Å². The lowest BCUT2D eigenvalue weighted by atomic mass is 10.3. The lowest BCUT2D eigenvalue weighted by Crippen LogP contribution is -2.06. The molecule has 0 radical (unpaired) electrons. The Balaban J connectivity index is 3.64. The van der Waals surface area contributed by atoms with E-state index in [1.54, 1.807) is 12.2 Å². The largest absolute Gasteiger partial charge is 0.463 e. The maximum absolute atomic E-state index is 11.1. The molecule has 100 valence electrons. The van der Waals surface area contributed by atoms with Gasteiger partial charge in [0.05, 0.1) is 13.2 Å². The van der Waals surface area contributed by atoms with Gasteiger partial charge < -0.3 is 9.47 Å². The van der Waals surface area contributed by atoms with Crippen molar-refractivity contribution in [2.45, 2.75) is 25.7 Å². The second kappa shape index (κ2) is 11.6. The van der Waals surface area contributed by atoms with Crippen molar-refractivity contribution >= 4 is 11.9 Å².